The normalized spacial score (nSPS) is 15.9. The first-order valence-corrected chi connectivity index (χ1v) is 5.73. The highest BCUT2D eigenvalue weighted by molar-refractivity contribution is 5.20. The van der Waals surface area contributed by atoms with Gasteiger partial charge in [0.1, 0.15) is 5.82 Å². The van der Waals surface area contributed by atoms with Crippen molar-refractivity contribution in [1.82, 2.24) is 10.2 Å². The zero-order valence-electron chi connectivity index (χ0n) is 10.2. The average molecular weight is 258 g/mol. The van der Waals surface area contributed by atoms with Gasteiger partial charge in [-0.15, -0.1) is 13.2 Å². The third kappa shape index (κ3) is 3.85. The van der Waals surface area contributed by atoms with Gasteiger partial charge in [-0.25, -0.2) is 13.2 Å². The molecule has 2 nitrogen and oxygen atoms in total. The fraction of sp³-hybridized carbons (Fsp3) is 0.385. The average Bonchev–Trinajstić information content (AvgIpc) is 2.39. The molecule has 1 aliphatic rings. The third-order valence-corrected chi connectivity index (χ3v) is 2.67. The lowest BCUT2D eigenvalue weighted by molar-refractivity contribution is 0.229. The molecule has 2 rings (SSSR count). The Bertz CT molecular complexity index is 390. The van der Waals surface area contributed by atoms with Crippen LogP contribution in [0.1, 0.15) is 5.56 Å². The molecule has 1 heterocycles. The Labute approximate surface area is 105 Å². The smallest absolute Gasteiger partial charge is 0.163 e. The minimum Gasteiger partial charge on any atom is -0.314 e. The summed E-state index contributed by atoms with van der Waals surface area (Å²) in [5.41, 5.74) is 0.0828. The summed E-state index contributed by atoms with van der Waals surface area (Å²) in [6.07, 6.45) is 0. The van der Waals surface area contributed by atoms with E-state index < -0.39 is 17.5 Å². The third-order valence-electron chi connectivity index (χ3n) is 2.67. The molecule has 1 aromatic rings. The van der Waals surface area contributed by atoms with E-state index in [4.69, 9.17) is 0 Å². The second-order valence-electron chi connectivity index (χ2n) is 3.89. The van der Waals surface area contributed by atoms with Crippen LogP contribution >= 0.6 is 0 Å². The molecule has 0 aliphatic carbocycles. The van der Waals surface area contributed by atoms with Crippen molar-refractivity contribution in [2.24, 2.45) is 0 Å². The van der Waals surface area contributed by atoms with Crippen LogP contribution in [0, 0.1) is 17.5 Å². The Kier molecular flexibility index (Phi) is 5.88. The van der Waals surface area contributed by atoms with E-state index in [1.165, 1.54) is 0 Å². The molecule has 18 heavy (non-hydrogen) atoms. The minimum atomic E-state index is -1.12. The van der Waals surface area contributed by atoms with E-state index in [2.05, 4.69) is 18.5 Å². The fourth-order valence-electron chi connectivity index (χ4n) is 1.83. The molecule has 0 aromatic heterocycles. The van der Waals surface area contributed by atoms with Gasteiger partial charge in [0.2, 0.25) is 0 Å². The maximum absolute atomic E-state index is 13.4. The van der Waals surface area contributed by atoms with Gasteiger partial charge >= 0.3 is 0 Å². The predicted octanol–water partition coefficient (Wildman–Crippen LogP) is 2.31. The number of nitrogens with one attached hydrogen (secondary N) is 1. The van der Waals surface area contributed by atoms with Gasteiger partial charge in [-0.05, 0) is 6.07 Å². The lowest BCUT2D eigenvalue weighted by Crippen LogP contribution is -2.43. The molecule has 1 aromatic carbocycles. The fourth-order valence-corrected chi connectivity index (χ4v) is 1.83. The van der Waals surface area contributed by atoms with Gasteiger partial charge in [-0.1, -0.05) is 0 Å². The molecule has 0 radical (unpaired) electrons. The Morgan fingerprint density at radius 3 is 2.33 bits per heavy atom. The molecule has 5 heteroatoms. The summed E-state index contributed by atoms with van der Waals surface area (Å²) < 4.78 is 39.2. The van der Waals surface area contributed by atoms with Crippen LogP contribution < -0.4 is 5.32 Å². The van der Waals surface area contributed by atoms with Gasteiger partial charge in [0.15, 0.2) is 11.6 Å². The van der Waals surface area contributed by atoms with E-state index in [9.17, 15) is 13.2 Å². The Balaban J connectivity index is 0.000000771. The van der Waals surface area contributed by atoms with Crippen molar-refractivity contribution in [3.8, 4) is 0 Å². The summed E-state index contributed by atoms with van der Waals surface area (Å²) >= 11 is 0. The van der Waals surface area contributed by atoms with Gasteiger partial charge in [-0.2, -0.15) is 0 Å². The molecular weight excluding hydrogens is 241 g/mol. The van der Waals surface area contributed by atoms with E-state index in [0.717, 1.165) is 32.2 Å². The summed E-state index contributed by atoms with van der Waals surface area (Å²) in [5, 5.41) is 3.15. The van der Waals surface area contributed by atoms with Crippen molar-refractivity contribution in [1.29, 1.82) is 0 Å². The molecule has 0 bridgehead atoms. The molecule has 100 valence electrons. The number of hydrogen-bond acceptors (Lipinski definition) is 2. The van der Waals surface area contributed by atoms with Crippen LogP contribution in [-0.2, 0) is 6.54 Å². The van der Waals surface area contributed by atoms with Crippen molar-refractivity contribution in [3.05, 3.63) is 48.3 Å². The standard InChI is InChI=1S/C11H13F3N2.C2H4/c12-9-5-8(11(14)10(13)6-9)7-16-3-1-15-2-4-16;1-2/h5-6,15H,1-4,7H2;1-2H2. The van der Waals surface area contributed by atoms with E-state index >= 15 is 0 Å². The first-order valence-electron chi connectivity index (χ1n) is 5.73. The van der Waals surface area contributed by atoms with Crippen LogP contribution in [0.5, 0.6) is 0 Å². The zero-order valence-corrected chi connectivity index (χ0v) is 10.2. The molecule has 0 atom stereocenters. The molecule has 1 N–H and O–H groups in total. The van der Waals surface area contributed by atoms with Gasteiger partial charge in [-0.3, -0.25) is 4.90 Å². The molecule has 0 saturated carbocycles. The number of benzene rings is 1. The lowest BCUT2D eigenvalue weighted by Gasteiger charge is -2.27. The first kappa shape index (κ1) is 14.7. The quantitative estimate of drug-likeness (QED) is 0.647. The minimum absolute atomic E-state index is 0.0828. The summed E-state index contributed by atoms with van der Waals surface area (Å²) in [7, 11) is 0. The summed E-state index contributed by atoms with van der Waals surface area (Å²) in [6.45, 7) is 9.41. The van der Waals surface area contributed by atoms with E-state index in [1.807, 2.05) is 4.90 Å². The summed E-state index contributed by atoms with van der Waals surface area (Å²) in [6, 6.07) is 1.62. The van der Waals surface area contributed by atoms with Crippen LogP contribution in [0.2, 0.25) is 0 Å². The van der Waals surface area contributed by atoms with Crippen molar-refractivity contribution in [2.45, 2.75) is 6.54 Å². The second kappa shape index (κ2) is 7.18. The van der Waals surface area contributed by atoms with Crippen LogP contribution in [0.3, 0.4) is 0 Å². The maximum atomic E-state index is 13.4. The Morgan fingerprint density at radius 2 is 1.72 bits per heavy atom. The molecule has 1 fully saturated rings. The predicted molar refractivity (Wildman–Crippen MR) is 65.7 cm³/mol. The summed E-state index contributed by atoms with van der Waals surface area (Å²) in [4.78, 5) is 1.97. The Morgan fingerprint density at radius 1 is 1.11 bits per heavy atom. The molecule has 1 aliphatic heterocycles. The van der Waals surface area contributed by atoms with Crippen molar-refractivity contribution < 1.29 is 13.2 Å². The molecule has 0 amide bonds. The van der Waals surface area contributed by atoms with Crippen LogP contribution in [0.15, 0.2) is 25.3 Å². The maximum Gasteiger partial charge on any atom is 0.163 e. The van der Waals surface area contributed by atoms with Crippen molar-refractivity contribution in [2.75, 3.05) is 26.2 Å². The first-order chi connectivity index (χ1) is 8.66. The number of hydrogen-bond donors (Lipinski definition) is 1. The van der Waals surface area contributed by atoms with Gasteiger partial charge < -0.3 is 5.32 Å². The van der Waals surface area contributed by atoms with Gasteiger partial charge in [0, 0.05) is 44.4 Å². The monoisotopic (exact) mass is 258 g/mol. The van der Waals surface area contributed by atoms with Crippen molar-refractivity contribution >= 4 is 0 Å². The molecular formula is C13H17F3N2. The van der Waals surface area contributed by atoms with Gasteiger partial charge in [0.25, 0.3) is 0 Å². The van der Waals surface area contributed by atoms with Gasteiger partial charge in [0.05, 0.1) is 0 Å². The lowest BCUT2D eigenvalue weighted by atomic mass is 10.1. The number of halogens is 3. The summed E-state index contributed by atoms with van der Waals surface area (Å²) in [5.74, 6) is -2.80. The number of piperazine rings is 1. The van der Waals surface area contributed by atoms with Crippen LogP contribution in [-0.4, -0.2) is 31.1 Å². The van der Waals surface area contributed by atoms with Crippen LogP contribution in [0.25, 0.3) is 0 Å². The van der Waals surface area contributed by atoms with Crippen LogP contribution in [0.4, 0.5) is 13.2 Å². The van der Waals surface area contributed by atoms with E-state index in [0.29, 0.717) is 6.07 Å². The number of nitrogens with zero attached hydrogens (tertiary/aromatic N) is 1. The van der Waals surface area contributed by atoms with E-state index in [-0.39, 0.29) is 12.1 Å². The number of rotatable bonds is 2. The van der Waals surface area contributed by atoms with E-state index in [1.54, 1.807) is 0 Å². The molecule has 1 saturated heterocycles. The highest BCUT2D eigenvalue weighted by Crippen LogP contribution is 2.16. The Hall–Kier alpha value is -1.33. The topological polar surface area (TPSA) is 15.3 Å². The molecule has 0 spiro atoms. The van der Waals surface area contributed by atoms with Crippen molar-refractivity contribution in [3.63, 3.8) is 0 Å². The second-order valence-corrected chi connectivity index (χ2v) is 3.89. The highest BCUT2D eigenvalue weighted by atomic mass is 19.2. The zero-order chi connectivity index (χ0) is 13.5. The highest BCUT2D eigenvalue weighted by Gasteiger charge is 2.15. The molecule has 0 unspecified atom stereocenters. The largest absolute Gasteiger partial charge is 0.314 e. The SMILES string of the molecule is C=C.Fc1cc(F)c(F)c(CN2CCNCC2)c1.